The van der Waals surface area contributed by atoms with Crippen LogP contribution in [0, 0.1) is 5.41 Å². The van der Waals surface area contributed by atoms with E-state index in [0.717, 1.165) is 56.9 Å². The first-order valence-electron chi connectivity index (χ1n) is 9.11. The summed E-state index contributed by atoms with van der Waals surface area (Å²) in [5.41, 5.74) is 1.18. The number of fused-ring (bicyclic) bond motifs is 1. The third kappa shape index (κ3) is 3.83. The third-order valence-electron chi connectivity index (χ3n) is 5.34. The maximum atomic E-state index is 6.13. The van der Waals surface area contributed by atoms with Gasteiger partial charge in [-0.25, -0.2) is 0 Å². The summed E-state index contributed by atoms with van der Waals surface area (Å²) >= 11 is 0. The summed E-state index contributed by atoms with van der Waals surface area (Å²) < 4.78 is 12.3. The van der Waals surface area contributed by atoms with Crippen LogP contribution in [-0.2, 0) is 11.3 Å². The lowest BCUT2D eigenvalue weighted by molar-refractivity contribution is -0.141. The van der Waals surface area contributed by atoms with E-state index in [-0.39, 0.29) is 11.5 Å². The molecule has 0 spiro atoms. The summed E-state index contributed by atoms with van der Waals surface area (Å²) in [6, 6.07) is 10.0. The molecule has 0 N–H and O–H groups in total. The lowest BCUT2D eigenvalue weighted by Crippen LogP contribution is -2.57. The Bertz CT molecular complexity index is 667. The van der Waals surface area contributed by atoms with E-state index in [2.05, 4.69) is 27.0 Å². The van der Waals surface area contributed by atoms with Crippen molar-refractivity contribution in [2.24, 2.45) is 5.41 Å². The summed E-state index contributed by atoms with van der Waals surface area (Å²) in [5, 5.41) is 0. The van der Waals surface area contributed by atoms with Gasteiger partial charge < -0.3 is 9.47 Å². The van der Waals surface area contributed by atoms with Crippen molar-refractivity contribution >= 4 is 0 Å². The Morgan fingerprint density at radius 3 is 3.08 bits per heavy atom. The van der Waals surface area contributed by atoms with Crippen molar-refractivity contribution in [2.45, 2.75) is 31.9 Å². The van der Waals surface area contributed by atoms with Crippen LogP contribution in [0.1, 0.15) is 25.0 Å². The van der Waals surface area contributed by atoms with Crippen LogP contribution < -0.4 is 4.74 Å². The second kappa shape index (κ2) is 7.50. The normalized spacial score (nSPS) is 26.8. The topological polar surface area (TPSA) is 47.5 Å². The molecule has 2 fully saturated rings. The van der Waals surface area contributed by atoms with Crippen molar-refractivity contribution in [3.8, 4) is 5.75 Å². The fourth-order valence-electron chi connectivity index (χ4n) is 4.11. The van der Waals surface area contributed by atoms with Crippen LogP contribution in [0.2, 0.25) is 0 Å². The number of pyridine rings is 2. The highest BCUT2D eigenvalue weighted by Gasteiger charge is 2.46. The van der Waals surface area contributed by atoms with Crippen LogP contribution in [0.4, 0.5) is 0 Å². The van der Waals surface area contributed by atoms with Gasteiger partial charge >= 0.3 is 0 Å². The molecule has 4 rings (SSSR count). The molecule has 25 heavy (non-hydrogen) atoms. The molecule has 0 saturated carbocycles. The molecule has 2 saturated heterocycles. The second-order valence-electron chi connectivity index (χ2n) is 7.12. The van der Waals surface area contributed by atoms with E-state index in [1.807, 2.05) is 24.4 Å². The molecule has 0 aliphatic carbocycles. The Morgan fingerprint density at radius 2 is 2.24 bits per heavy atom. The first kappa shape index (κ1) is 16.5. The molecule has 2 aliphatic heterocycles. The van der Waals surface area contributed by atoms with E-state index >= 15 is 0 Å². The van der Waals surface area contributed by atoms with Crippen LogP contribution in [-0.4, -0.2) is 47.3 Å². The van der Waals surface area contributed by atoms with Crippen molar-refractivity contribution < 1.29 is 9.47 Å². The lowest BCUT2D eigenvalue weighted by atomic mass is 9.73. The molecule has 0 aromatic carbocycles. The molecule has 2 aromatic rings. The summed E-state index contributed by atoms with van der Waals surface area (Å²) in [4.78, 5) is 11.1. The average molecular weight is 339 g/mol. The van der Waals surface area contributed by atoms with Gasteiger partial charge in [0.15, 0.2) is 0 Å². The van der Waals surface area contributed by atoms with E-state index < -0.39 is 0 Å². The average Bonchev–Trinajstić information content (AvgIpc) is 2.68. The van der Waals surface area contributed by atoms with Crippen LogP contribution in [0.15, 0.2) is 48.9 Å². The van der Waals surface area contributed by atoms with Crippen molar-refractivity contribution in [1.82, 2.24) is 14.9 Å². The predicted molar refractivity (Wildman–Crippen MR) is 95.3 cm³/mol. The highest BCUT2D eigenvalue weighted by Crippen LogP contribution is 2.40. The number of nitrogens with zero attached hydrogens (tertiary/aromatic N) is 3. The maximum absolute atomic E-state index is 6.13. The zero-order chi connectivity index (χ0) is 17.0. The number of rotatable bonds is 5. The number of hydrogen-bond donors (Lipinski definition) is 0. The molecule has 0 unspecified atom stereocenters. The zero-order valence-corrected chi connectivity index (χ0v) is 14.5. The van der Waals surface area contributed by atoms with Gasteiger partial charge in [-0.3, -0.25) is 14.9 Å². The van der Waals surface area contributed by atoms with Crippen LogP contribution in [0.3, 0.4) is 0 Å². The van der Waals surface area contributed by atoms with Crippen LogP contribution in [0.5, 0.6) is 5.75 Å². The molecule has 0 amide bonds. The molecule has 0 bridgehead atoms. The third-order valence-corrected chi connectivity index (χ3v) is 5.34. The summed E-state index contributed by atoms with van der Waals surface area (Å²) in [6.07, 6.45) is 9.02. The van der Waals surface area contributed by atoms with E-state index in [4.69, 9.17) is 9.47 Å². The minimum Gasteiger partial charge on any atom is -0.491 e. The van der Waals surface area contributed by atoms with Gasteiger partial charge in [0.05, 0.1) is 24.6 Å². The smallest absolute Gasteiger partial charge is 0.137 e. The van der Waals surface area contributed by atoms with Gasteiger partial charge in [-0.15, -0.1) is 0 Å². The van der Waals surface area contributed by atoms with Crippen molar-refractivity contribution in [3.63, 3.8) is 0 Å². The number of aromatic nitrogens is 2. The molecule has 0 radical (unpaired) electrons. The lowest BCUT2D eigenvalue weighted by Gasteiger charge is -2.50. The van der Waals surface area contributed by atoms with E-state index in [1.54, 1.807) is 12.4 Å². The minimum absolute atomic E-state index is 0.0567. The molecule has 2 aromatic heterocycles. The van der Waals surface area contributed by atoms with Crippen molar-refractivity contribution in [2.75, 3.05) is 26.3 Å². The largest absolute Gasteiger partial charge is 0.491 e. The van der Waals surface area contributed by atoms with Gasteiger partial charge in [-0.05, 0) is 43.5 Å². The second-order valence-corrected chi connectivity index (χ2v) is 7.12. The summed E-state index contributed by atoms with van der Waals surface area (Å²) in [7, 11) is 0. The summed E-state index contributed by atoms with van der Waals surface area (Å²) in [5.74, 6) is 0.836. The SMILES string of the molecule is c1ccc(CN2CC[C@H]3OCCC[C@@]3(COc3cccnc3)C2)nc1. The van der Waals surface area contributed by atoms with Gasteiger partial charge in [0.25, 0.3) is 0 Å². The molecule has 4 heterocycles. The number of hydrogen-bond acceptors (Lipinski definition) is 5. The molecule has 5 heteroatoms. The molecular weight excluding hydrogens is 314 g/mol. The Kier molecular flexibility index (Phi) is 4.95. The minimum atomic E-state index is 0.0567. The molecular formula is C20H25N3O2. The Labute approximate surface area is 149 Å². The number of likely N-dealkylation sites (tertiary alicyclic amines) is 1. The van der Waals surface area contributed by atoms with Crippen LogP contribution >= 0.6 is 0 Å². The van der Waals surface area contributed by atoms with Crippen molar-refractivity contribution in [3.05, 3.63) is 54.6 Å². The highest BCUT2D eigenvalue weighted by molar-refractivity contribution is 5.16. The van der Waals surface area contributed by atoms with Gasteiger partial charge in [-0.2, -0.15) is 0 Å². The van der Waals surface area contributed by atoms with Gasteiger partial charge in [-0.1, -0.05) is 6.07 Å². The first-order valence-corrected chi connectivity index (χ1v) is 9.11. The fourth-order valence-corrected chi connectivity index (χ4v) is 4.11. The zero-order valence-electron chi connectivity index (χ0n) is 14.5. The molecule has 2 atom stereocenters. The van der Waals surface area contributed by atoms with Crippen LogP contribution in [0.25, 0.3) is 0 Å². The Balaban J connectivity index is 1.47. The van der Waals surface area contributed by atoms with E-state index in [1.165, 1.54) is 0 Å². The summed E-state index contributed by atoms with van der Waals surface area (Å²) in [6.45, 7) is 4.49. The van der Waals surface area contributed by atoms with Gasteiger partial charge in [0.1, 0.15) is 5.75 Å². The molecule has 2 aliphatic rings. The van der Waals surface area contributed by atoms with Gasteiger partial charge in [0, 0.05) is 44.0 Å². The quantitative estimate of drug-likeness (QED) is 0.838. The standard InChI is InChI=1S/C20H25N3O2/c1-2-10-22-17(5-1)14-23-11-7-19-20(15-23,8-4-12-24-19)16-25-18-6-3-9-21-13-18/h1-3,5-6,9-10,13,19H,4,7-8,11-12,14-16H2/t19-,20+/m1/s1. The highest BCUT2D eigenvalue weighted by atomic mass is 16.5. The van der Waals surface area contributed by atoms with Gasteiger partial charge in [0.2, 0.25) is 0 Å². The monoisotopic (exact) mass is 339 g/mol. The van der Waals surface area contributed by atoms with E-state index in [0.29, 0.717) is 6.61 Å². The Hall–Kier alpha value is -1.98. The number of ether oxygens (including phenoxy) is 2. The number of piperidine rings is 1. The predicted octanol–water partition coefficient (Wildman–Crippen LogP) is 2.93. The first-order chi connectivity index (χ1) is 12.3. The fraction of sp³-hybridized carbons (Fsp3) is 0.500. The molecule has 132 valence electrons. The maximum Gasteiger partial charge on any atom is 0.137 e. The van der Waals surface area contributed by atoms with E-state index in [9.17, 15) is 0 Å². The Morgan fingerprint density at radius 1 is 1.24 bits per heavy atom. The molecule has 5 nitrogen and oxygen atoms in total. The van der Waals surface area contributed by atoms with Crippen molar-refractivity contribution in [1.29, 1.82) is 0 Å².